The minimum absolute atomic E-state index is 1.05. The van der Waals surface area contributed by atoms with Crippen LogP contribution in [0.2, 0.25) is 0 Å². The van der Waals surface area contributed by atoms with E-state index < -0.39 is 0 Å². The van der Waals surface area contributed by atoms with Gasteiger partial charge in [-0.25, -0.2) is 0 Å². The Labute approximate surface area is 749 Å². The maximum atomic E-state index is 2.48. The van der Waals surface area contributed by atoms with Crippen LogP contribution < -0.4 is 9.80 Å². The van der Waals surface area contributed by atoms with Crippen LogP contribution in [0.3, 0.4) is 0 Å². The monoisotopic (exact) mass is 1660 g/mol. The molecule has 128 heavy (non-hydrogen) atoms. The van der Waals surface area contributed by atoms with Crippen LogP contribution in [0, 0.1) is 0 Å². The molecule has 0 aliphatic carbocycles. The van der Waals surface area contributed by atoms with Gasteiger partial charge >= 0.3 is 0 Å². The van der Waals surface area contributed by atoms with E-state index in [1.165, 1.54) is 117 Å². The summed E-state index contributed by atoms with van der Waals surface area (Å²) < 4.78 is 10.0. The Morgan fingerprint density at radius 2 is 0.484 bits per heavy atom. The normalized spacial score (nSPS) is 11.8. The maximum Gasteiger partial charge on any atom is 0.0546 e. The number of nitrogens with zero attached hydrogens (tertiary/aromatic N) is 4. The van der Waals surface area contributed by atoms with E-state index in [1.807, 2.05) is 22.7 Å². The van der Waals surface area contributed by atoms with E-state index in [4.69, 9.17) is 0 Å². The van der Waals surface area contributed by atoms with Gasteiger partial charge in [0.1, 0.15) is 0 Å². The van der Waals surface area contributed by atoms with Crippen LogP contribution in [0.25, 0.3) is 206 Å². The van der Waals surface area contributed by atoms with Gasteiger partial charge in [0.15, 0.2) is 0 Å². The van der Waals surface area contributed by atoms with E-state index in [2.05, 4.69) is 492 Å². The number of hydrogen-bond donors (Lipinski definition) is 0. The molecule has 0 aliphatic rings. The molecule has 0 atom stereocenters. The second-order valence-corrected chi connectivity index (χ2v) is 35.6. The molecule has 0 unspecified atom stereocenters. The zero-order valence-electron chi connectivity index (χ0n) is 69.6. The predicted molar refractivity (Wildman–Crippen MR) is 549 cm³/mol. The van der Waals surface area contributed by atoms with Crippen molar-refractivity contribution in [3.05, 3.63) is 473 Å². The second kappa shape index (κ2) is 30.9. The quantitative estimate of drug-likeness (QED) is 0.0959. The zero-order valence-corrected chi connectivity index (χ0v) is 71.3. The highest BCUT2D eigenvalue weighted by atomic mass is 32.1. The lowest BCUT2D eigenvalue weighted by molar-refractivity contribution is 1.18. The molecule has 0 aliphatic heterocycles. The van der Waals surface area contributed by atoms with Crippen molar-refractivity contribution in [2.45, 2.75) is 0 Å². The van der Waals surface area contributed by atoms with E-state index in [0.717, 1.165) is 123 Å². The molecule has 4 nitrogen and oxygen atoms in total. The van der Waals surface area contributed by atoms with Crippen molar-refractivity contribution in [3.8, 4) is 100 Å². The van der Waals surface area contributed by atoms with Gasteiger partial charge in [0.05, 0.1) is 39.1 Å². The molecule has 0 saturated heterocycles. The van der Waals surface area contributed by atoms with E-state index in [-0.39, 0.29) is 0 Å². The fourth-order valence-corrected chi connectivity index (χ4v) is 22.1. The summed E-state index contributed by atoms with van der Waals surface area (Å²) in [6.45, 7) is 0. The highest BCUT2D eigenvalue weighted by Crippen LogP contribution is 2.50. The highest BCUT2D eigenvalue weighted by molar-refractivity contribution is 7.26. The number of thiophene rings is 2. The number of anilines is 6. The third kappa shape index (κ3) is 12.9. The standard InChI is InChI=1S/C122H78N4S2/c1-3-29-99-85(21-1)23-19-37-100(99)87-57-67-95(68-58-87)123(94-63-53-81(54-64-94)79-45-49-83(50-46-79)88-25-17-27-97(73-88)125-114-39-12-6-32-104(114)105-33-7-13-40-115(105)125)118-78-91(59-69-103(118)93-62-72-122-111(77-93)108-36-10-16-44-120(108)128-122)90-60-70-117-109(75-90)106-34-8-14-41-116(106)126(117)98-28-18-26-89(74-98)84-51-47-80(48-52-84)82-55-65-96(66-56-82)124(113-42-20-24-86-22-2-4-30-101(86)113)112-38-11-5-31-102(112)92-61-71-121-110(76-92)107-35-9-15-43-119(107)127-121/h1-78H. The van der Waals surface area contributed by atoms with Crippen LogP contribution in [0.5, 0.6) is 0 Å². The predicted octanol–water partition coefficient (Wildman–Crippen LogP) is 35.2. The van der Waals surface area contributed by atoms with Crippen molar-refractivity contribution in [1.29, 1.82) is 0 Å². The molecule has 598 valence electrons. The van der Waals surface area contributed by atoms with Crippen molar-refractivity contribution >= 4 is 162 Å². The van der Waals surface area contributed by atoms with E-state index >= 15 is 0 Å². The van der Waals surface area contributed by atoms with Crippen LogP contribution in [-0.2, 0) is 0 Å². The van der Waals surface area contributed by atoms with Crippen molar-refractivity contribution < 1.29 is 0 Å². The zero-order chi connectivity index (χ0) is 84.3. The fourth-order valence-electron chi connectivity index (χ4n) is 19.9. The average Bonchev–Trinajstić information content (AvgIpc) is 1.54. The Bertz CT molecular complexity index is 8620. The molecule has 25 aromatic rings. The van der Waals surface area contributed by atoms with Crippen LogP contribution in [-0.4, -0.2) is 9.13 Å². The molecule has 0 fully saturated rings. The summed E-state index contributed by atoms with van der Waals surface area (Å²) in [6.07, 6.45) is 0. The summed E-state index contributed by atoms with van der Waals surface area (Å²) in [6, 6.07) is 176. The summed E-state index contributed by atoms with van der Waals surface area (Å²) in [5.41, 5.74) is 31.9. The average molecular weight is 1660 g/mol. The molecule has 6 heteroatoms. The molecule has 0 bridgehead atoms. The molecule has 25 rings (SSSR count). The molecular formula is C122H78N4S2. The molecule has 0 spiro atoms. The first-order valence-corrected chi connectivity index (χ1v) is 45.4. The minimum Gasteiger partial charge on any atom is -0.310 e. The van der Waals surface area contributed by atoms with Crippen LogP contribution in [0.15, 0.2) is 473 Å². The molecule has 0 N–H and O–H groups in total. The first-order valence-electron chi connectivity index (χ1n) is 43.8. The first-order chi connectivity index (χ1) is 63.4. The topological polar surface area (TPSA) is 16.3 Å². The summed E-state index contributed by atoms with van der Waals surface area (Å²) in [5, 5.41) is 14.9. The van der Waals surface area contributed by atoms with Gasteiger partial charge in [-0.05, 0) is 240 Å². The molecule has 0 amide bonds. The van der Waals surface area contributed by atoms with Crippen LogP contribution >= 0.6 is 22.7 Å². The molecule has 21 aromatic carbocycles. The second-order valence-electron chi connectivity index (χ2n) is 33.4. The summed E-state index contributed by atoms with van der Waals surface area (Å²) in [4.78, 5) is 4.93. The van der Waals surface area contributed by atoms with Gasteiger partial charge in [-0.1, -0.05) is 328 Å². The SMILES string of the molecule is c1cc(-c2ccc(-c3ccc(N(c4ccc(-c5cccc6ccccc56)cc4)c4cc(-c5ccc6c(c5)c5ccccc5n6-c5cccc(-c6ccc(-c7ccc(N(c8ccccc8-c8ccc9sc%10ccccc%10c9c8)c8cccc9ccccc89)cc7)cc6)c5)ccc4-c4ccc5sc6ccccc6c5c4)cc3)cc2)cc(-n2c3ccccc3c3ccccc32)c1. The Morgan fingerprint density at radius 1 is 0.156 bits per heavy atom. The maximum absolute atomic E-state index is 2.48. The Balaban J connectivity index is 0.561. The first kappa shape index (κ1) is 74.4. The number of aromatic nitrogens is 2. The van der Waals surface area contributed by atoms with Gasteiger partial charge in [-0.15, -0.1) is 22.7 Å². The number of fused-ring (bicyclic) bond motifs is 14. The van der Waals surface area contributed by atoms with Crippen molar-refractivity contribution in [2.75, 3.05) is 9.80 Å². The molecule has 4 aromatic heterocycles. The van der Waals surface area contributed by atoms with Gasteiger partial charge in [-0.2, -0.15) is 0 Å². The summed E-state index contributed by atoms with van der Waals surface area (Å²) >= 11 is 3.71. The highest BCUT2D eigenvalue weighted by Gasteiger charge is 2.25. The number of benzene rings is 21. The third-order valence-corrected chi connectivity index (χ3v) is 28.4. The Kier molecular flexibility index (Phi) is 18.0. The lowest BCUT2D eigenvalue weighted by Crippen LogP contribution is -2.11. The van der Waals surface area contributed by atoms with Crippen LogP contribution in [0.4, 0.5) is 34.1 Å². The number of hydrogen-bond acceptors (Lipinski definition) is 4. The molecule has 0 saturated carbocycles. The van der Waals surface area contributed by atoms with Crippen molar-refractivity contribution in [1.82, 2.24) is 9.13 Å². The Hall–Kier alpha value is -16.2. The van der Waals surface area contributed by atoms with Gasteiger partial charge in [0.25, 0.3) is 0 Å². The molecule has 0 radical (unpaired) electrons. The molecule has 4 heterocycles. The smallest absolute Gasteiger partial charge is 0.0546 e. The van der Waals surface area contributed by atoms with E-state index in [0.29, 0.717) is 0 Å². The number of para-hydroxylation sites is 4. The van der Waals surface area contributed by atoms with Crippen molar-refractivity contribution in [3.63, 3.8) is 0 Å². The van der Waals surface area contributed by atoms with Crippen LogP contribution in [0.1, 0.15) is 0 Å². The van der Waals surface area contributed by atoms with Gasteiger partial charge in [-0.3, -0.25) is 0 Å². The minimum atomic E-state index is 1.05. The molecular weight excluding hydrogens is 1590 g/mol. The van der Waals surface area contributed by atoms with Crippen molar-refractivity contribution in [2.24, 2.45) is 0 Å². The summed E-state index contributed by atoms with van der Waals surface area (Å²) in [5.74, 6) is 0. The lowest BCUT2D eigenvalue weighted by Gasteiger charge is -2.29. The third-order valence-electron chi connectivity index (χ3n) is 26.1. The van der Waals surface area contributed by atoms with Gasteiger partial charge < -0.3 is 18.9 Å². The summed E-state index contributed by atoms with van der Waals surface area (Å²) in [7, 11) is 0. The number of rotatable bonds is 16. The largest absolute Gasteiger partial charge is 0.310 e. The van der Waals surface area contributed by atoms with Gasteiger partial charge in [0.2, 0.25) is 0 Å². The Morgan fingerprint density at radius 3 is 1.03 bits per heavy atom. The fraction of sp³-hybridized carbons (Fsp3) is 0. The van der Waals surface area contributed by atoms with Gasteiger partial charge in [0, 0.05) is 107 Å². The van der Waals surface area contributed by atoms with E-state index in [9.17, 15) is 0 Å². The lowest BCUT2D eigenvalue weighted by atomic mass is 9.94. The van der Waals surface area contributed by atoms with E-state index in [1.54, 1.807) is 0 Å².